The summed E-state index contributed by atoms with van der Waals surface area (Å²) in [5.41, 5.74) is -0.569. The van der Waals surface area contributed by atoms with Crippen LogP contribution < -0.4 is 10.0 Å². The number of ether oxygens (including phenoxy) is 2. The van der Waals surface area contributed by atoms with Gasteiger partial charge in [0.2, 0.25) is 10.0 Å². The highest BCUT2D eigenvalue weighted by molar-refractivity contribution is 7.89. The Morgan fingerprint density at radius 2 is 1.51 bits per heavy atom. The second kappa shape index (κ2) is 18.8. The fraction of sp³-hybridized carbons (Fsp3) is 0.920. The van der Waals surface area contributed by atoms with Crippen molar-refractivity contribution in [3.63, 3.8) is 0 Å². The van der Waals surface area contributed by atoms with Gasteiger partial charge in [-0.1, -0.05) is 51.9 Å². The first-order valence-corrected chi connectivity index (χ1v) is 14.8. The molecular weight excluding hydrogens is 470 g/mol. The van der Waals surface area contributed by atoms with Crippen molar-refractivity contribution in [3.05, 3.63) is 0 Å². The lowest BCUT2D eigenvalue weighted by atomic mass is 10.1. The number of amides is 1. The first-order chi connectivity index (χ1) is 16.4. The average Bonchev–Trinajstić information content (AvgIpc) is 2.76. The number of nitrogens with one attached hydrogen (secondary N) is 2. The Bertz CT molecular complexity index is 679. The number of carbonyl (C=O) groups excluding carboxylic acids is 2. The van der Waals surface area contributed by atoms with Crippen LogP contribution in [0.25, 0.3) is 0 Å². The van der Waals surface area contributed by atoms with Crippen molar-refractivity contribution in [3.8, 4) is 0 Å². The van der Waals surface area contributed by atoms with Gasteiger partial charge in [-0.15, -0.1) is 0 Å². The number of rotatable bonds is 20. The van der Waals surface area contributed by atoms with Crippen LogP contribution in [0.15, 0.2) is 0 Å². The summed E-state index contributed by atoms with van der Waals surface area (Å²) in [6.45, 7) is 9.21. The largest absolute Gasteiger partial charge is 0.468 e. The topological polar surface area (TPSA) is 114 Å². The Morgan fingerprint density at radius 1 is 0.914 bits per heavy atom. The van der Waals surface area contributed by atoms with Gasteiger partial charge >= 0.3 is 12.1 Å². The van der Waals surface area contributed by atoms with E-state index in [1.165, 1.54) is 45.6 Å². The molecule has 2 N–H and O–H groups in total. The van der Waals surface area contributed by atoms with Crippen LogP contribution in [-0.2, 0) is 24.3 Å². The molecule has 0 fully saturated rings. The maximum atomic E-state index is 12.6. The van der Waals surface area contributed by atoms with Crippen molar-refractivity contribution in [2.75, 3.05) is 39.5 Å². The SMILES string of the molecule is CCCCCCCCCCN(C)CCS(=O)(=O)N[C@@H](CCCCNC(=O)OC(C)(C)C)C(=O)OC. The Hall–Kier alpha value is -1.39. The van der Waals surface area contributed by atoms with E-state index in [2.05, 4.69) is 17.0 Å². The van der Waals surface area contributed by atoms with Crippen LogP contribution in [0.5, 0.6) is 0 Å². The smallest absolute Gasteiger partial charge is 0.407 e. The molecule has 0 saturated heterocycles. The van der Waals surface area contributed by atoms with E-state index in [9.17, 15) is 18.0 Å². The second-order valence-electron chi connectivity index (χ2n) is 10.2. The molecule has 0 aromatic carbocycles. The van der Waals surface area contributed by atoms with Gasteiger partial charge in [-0.05, 0) is 60.0 Å². The summed E-state index contributed by atoms with van der Waals surface area (Å²) >= 11 is 0. The molecule has 9 nitrogen and oxygen atoms in total. The van der Waals surface area contributed by atoms with Crippen molar-refractivity contribution < 1.29 is 27.5 Å². The highest BCUT2D eigenvalue weighted by atomic mass is 32.2. The Balaban J connectivity index is 4.26. The van der Waals surface area contributed by atoms with E-state index in [4.69, 9.17) is 9.47 Å². The molecule has 0 spiro atoms. The minimum absolute atomic E-state index is 0.0752. The number of sulfonamides is 1. The van der Waals surface area contributed by atoms with Crippen LogP contribution in [0.2, 0.25) is 0 Å². The minimum Gasteiger partial charge on any atom is -0.468 e. The summed E-state index contributed by atoms with van der Waals surface area (Å²) in [5, 5.41) is 2.65. The fourth-order valence-corrected chi connectivity index (χ4v) is 4.84. The summed E-state index contributed by atoms with van der Waals surface area (Å²) in [7, 11) is -0.474. The first-order valence-electron chi connectivity index (χ1n) is 13.1. The number of unbranched alkanes of at least 4 members (excludes halogenated alkanes) is 8. The molecule has 10 heteroatoms. The van der Waals surface area contributed by atoms with Gasteiger partial charge in [-0.25, -0.2) is 17.9 Å². The number of carbonyl (C=O) groups is 2. The lowest BCUT2D eigenvalue weighted by Crippen LogP contribution is -2.44. The van der Waals surface area contributed by atoms with Crippen LogP contribution in [-0.4, -0.2) is 76.6 Å². The molecule has 208 valence electrons. The number of methoxy groups -OCH3 is 1. The molecule has 0 aliphatic carbocycles. The van der Waals surface area contributed by atoms with Gasteiger partial charge in [0, 0.05) is 13.1 Å². The van der Waals surface area contributed by atoms with Gasteiger partial charge in [0.05, 0.1) is 12.9 Å². The summed E-state index contributed by atoms with van der Waals surface area (Å²) in [6, 6.07) is -0.940. The van der Waals surface area contributed by atoms with E-state index < -0.39 is 33.7 Å². The van der Waals surface area contributed by atoms with Gasteiger partial charge in [-0.2, -0.15) is 0 Å². The molecule has 1 atom stereocenters. The monoisotopic (exact) mass is 521 g/mol. The summed E-state index contributed by atoms with van der Waals surface area (Å²) in [5.74, 6) is -0.685. The van der Waals surface area contributed by atoms with Gasteiger partial charge in [-0.3, -0.25) is 4.79 Å². The van der Waals surface area contributed by atoms with Crippen molar-refractivity contribution in [1.29, 1.82) is 0 Å². The molecule has 0 unspecified atom stereocenters. The predicted molar refractivity (Wildman–Crippen MR) is 141 cm³/mol. The van der Waals surface area contributed by atoms with Crippen LogP contribution in [0.4, 0.5) is 4.79 Å². The standard InChI is InChI=1S/C25H51N3O6S/c1-7-8-9-10-11-12-13-16-19-28(5)20-21-35(31,32)27-22(23(29)33-6)17-14-15-18-26-24(30)34-25(2,3)4/h22,27H,7-21H2,1-6H3,(H,26,30)/t22-/m0/s1. The third-order valence-electron chi connectivity index (χ3n) is 5.53. The fourth-order valence-electron chi connectivity index (χ4n) is 3.52. The number of esters is 1. The molecule has 0 saturated carbocycles. The Kier molecular flexibility index (Phi) is 18.1. The zero-order valence-electron chi connectivity index (χ0n) is 23.0. The highest BCUT2D eigenvalue weighted by Gasteiger charge is 2.25. The van der Waals surface area contributed by atoms with Gasteiger partial charge in [0.15, 0.2) is 0 Å². The third kappa shape index (κ3) is 20.5. The lowest BCUT2D eigenvalue weighted by Gasteiger charge is -2.20. The molecule has 1 amide bonds. The molecule has 0 aromatic heterocycles. The Labute approximate surface area is 214 Å². The van der Waals surface area contributed by atoms with E-state index in [1.54, 1.807) is 20.8 Å². The van der Waals surface area contributed by atoms with E-state index in [1.807, 2.05) is 11.9 Å². The highest BCUT2D eigenvalue weighted by Crippen LogP contribution is 2.10. The van der Waals surface area contributed by atoms with Crippen LogP contribution in [0, 0.1) is 0 Å². The van der Waals surface area contributed by atoms with E-state index in [0.29, 0.717) is 25.9 Å². The molecule has 35 heavy (non-hydrogen) atoms. The molecule has 0 aliphatic heterocycles. The zero-order chi connectivity index (χ0) is 26.7. The van der Waals surface area contributed by atoms with Gasteiger partial charge in [0.25, 0.3) is 0 Å². The quantitative estimate of drug-likeness (QED) is 0.182. The first kappa shape index (κ1) is 33.6. The number of alkyl carbamates (subject to hydrolysis) is 1. The van der Waals surface area contributed by atoms with Crippen LogP contribution >= 0.6 is 0 Å². The molecule has 0 aromatic rings. The Morgan fingerprint density at radius 3 is 2.09 bits per heavy atom. The maximum Gasteiger partial charge on any atom is 0.407 e. The normalized spacial score (nSPS) is 13.0. The molecular formula is C25H51N3O6S. The molecule has 0 bridgehead atoms. The third-order valence-corrected chi connectivity index (χ3v) is 6.89. The van der Waals surface area contributed by atoms with Gasteiger partial charge < -0.3 is 19.7 Å². The van der Waals surface area contributed by atoms with Crippen molar-refractivity contribution in [2.45, 2.75) is 110 Å². The molecule has 0 heterocycles. The van der Waals surface area contributed by atoms with E-state index in [-0.39, 0.29) is 12.2 Å². The number of hydrogen-bond acceptors (Lipinski definition) is 7. The van der Waals surface area contributed by atoms with Crippen LogP contribution in [0.1, 0.15) is 98.3 Å². The van der Waals surface area contributed by atoms with E-state index >= 15 is 0 Å². The number of hydrogen-bond donors (Lipinski definition) is 2. The van der Waals surface area contributed by atoms with Crippen molar-refractivity contribution >= 4 is 22.1 Å². The van der Waals surface area contributed by atoms with Gasteiger partial charge in [0.1, 0.15) is 11.6 Å². The molecule has 0 radical (unpaired) electrons. The van der Waals surface area contributed by atoms with Crippen LogP contribution in [0.3, 0.4) is 0 Å². The average molecular weight is 522 g/mol. The summed E-state index contributed by atoms with van der Waals surface area (Å²) < 4.78 is 37.6. The van der Waals surface area contributed by atoms with Crippen molar-refractivity contribution in [1.82, 2.24) is 14.9 Å². The number of nitrogens with zero attached hydrogens (tertiary/aromatic N) is 1. The predicted octanol–water partition coefficient (Wildman–Crippen LogP) is 4.21. The summed E-state index contributed by atoms with van der Waals surface area (Å²) in [6.07, 6.45) is 10.8. The molecule has 0 aliphatic rings. The second-order valence-corrected chi connectivity index (χ2v) is 12.1. The lowest BCUT2D eigenvalue weighted by molar-refractivity contribution is -0.142. The van der Waals surface area contributed by atoms with Crippen molar-refractivity contribution in [2.24, 2.45) is 0 Å². The summed E-state index contributed by atoms with van der Waals surface area (Å²) in [4.78, 5) is 25.8. The zero-order valence-corrected chi connectivity index (χ0v) is 23.8. The minimum atomic E-state index is -3.64. The molecule has 0 rings (SSSR count). The maximum absolute atomic E-state index is 12.6. The van der Waals surface area contributed by atoms with E-state index in [0.717, 1.165) is 19.4 Å².